The third kappa shape index (κ3) is 5.19. The molecule has 0 saturated heterocycles. The fraction of sp³-hybridized carbons (Fsp3) is 0.625. The lowest BCUT2D eigenvalue weighted by molar-refractivity contribution is 0.634. The molecule has 0 radical (unpaired) electrons. The summed E-state index contributed by atoms with van der Waals surface area (Å²) < 4.78 is 0. The Kier molecular flexibility index (Phi) is 7.78. The van der Waals surface area contributed by atoms with Gasteiger partial charge in [0.15, 0.2) is 0 Å². The fourth-order valence-corrected chi connectivity index (χ4v) is 2.98. The topological polar surface area (TPSA) is 29.3 Å². The minimum Gasteiger partial charge on any atom is -0.372 e. The molecule has 2 nitrogen and oxygen atoms in total. The van der Waals surface area contributed by atoms with Crippen molar-refractivity contribution in [1.29, 1.82) is 0 Å². The second kappa shape index (κ2) is 8.81. The quantitative estimate of drug-likeness (QED) is 0.780. The molecule has 0 aliphatic rings. The highest BCUT2D eigenvalue weighted by molar-refractivity contribution is 7.98. The van der Waals surface area contributed by atoms with Gasteiger partial charge in [-0.25, -0.2) is 0 Å². The van der Waals surface area contributed by atoms with Crippen molar-refractivity contribution in [3.05, 3.63) is 28.8 Å². The number of hydrogen-bond acceptors (Lipinski definition) is 3. The Hall–Kier alpha value is -0.380. The van der Waals surface area contributed by atoms with E-state index in [4.69, 9.17) is 17.3 Å². The first-order chi connectivity index (χ1) is 9.49. The lowest BCUT2D eigenvalue weighted by atomic mass is 10.0. The SMILES string of the molecule is CCC(N)Cc1cc(Cl)ccc1N(C)C(C)CCSC. The number of rotatable bonds is 8. The Bertz CT molecular complexity index is 411. The van der Waals surface area contributed by atoms with E-state index in [1.54, 1.807) is 0 Å². The molecule has 1 aromatic rings. The van der Waals surface area contributed by atoms with E-state index in [0.29, 0.717) is 6.04 Å². The van der Waals surface area contributed by atoms with E-state index in [9.17, 15) is 0 Å². The molecular weight excluding hydrogens is 288 g/mol. The number of halogens is 1. The zero-order valence-corrected chi connectivity index (χ0v) is 14.6. The highest BCUT2D eigenvalue weighted by atomic mass is 35.5. The van der Waals surface area contributed by atoms with Gasteiger partial charge in [-0.2, -0.15) is 11.8 Å². The molecule has 114 valence electrons. The van der Waals surface area contributed by atoms with Gasteiger partial charge in [0.2, 0.25) is 0 Å². The Morgan fingerprint density at radius 2 is 2.10 bits per heavy atom. The number of nitrogens with zero attached hydrogens (tertiary/aromatic N) is 1. The molecule has 2 unspecified atom stereocenters. The first-order valence-electron chi connectivity index (χ1n) is 7.25. The number of hydrogen-bond donors (Lipinski definition) is 1. The monoisotopic (exact) mass is 314 g/mol. The Morgan fingerprint density at radius 1 is 1.40 bits per heavy atom. The highest BCUT2D eigenvalue weighted by Crippen LogP contribution is 2.27. The number of thioether (sulfide) groups is 1. The molecule has 4 heteroatoms. The predicted molar refractivity (Wildman–Crippen MR) is 94.3 cm³/mol. The van der Waals surface area contributed by atoms with Crippen molar-refractivity contribution in [2.45, 2.75) is 45.2 Å². The Balaban J connectivity index is 2.91. The highest BCUT2D eigenvalue weighted by Gasteiger charge is 2.15. The van der Waals surface area contributed by atoms with Gasteiger partial charge in [0.05, 0.1) is 0 Å². The normalized spacial score (nSPS) is 14.1. The molecule has 0 aliphatic carbocycles. The maximum Gasteiger partial charge on any atom is 0.0410 e. The summed E-state index contributed by atoms with van der Waals surface area (Å²) in [5.41, 5.74) is 8.63. The lowest BCUT2D eigenvalue weighted by Gasteiger charge is -2.29. The summed E-state index contributed by atoms with van der Waals surface area (Å²) in [6, 6.07) is 6.86. The van der Waals surface area contributed by atoms with Crippen LogP contribution >= 0.6 is 23.4 Å². The van der Waals surface area contributed by atoms with Gasteiger partial charge in [0.25, 0.3) is 0 Å². The second-order valence-corrected chi connectivity index (χ2v) is 6.81. The van der Waals surface area contributed by atoms with E-state index in [2.05, 4.69) is 44.2 Å². The summed E-state index contributed by atoms with van der Waals surface area (Å²) >= 11 is 8.04. The molecule has 0 aliphatic heterocycles. The summed E-state index contributed by atoms with van der Waals surface area (Å²) in [4.78, 5) is 2.35. The molecule has 20 heavy (non-hydrogen) atoms. The van der Waals surface area contributed by atoms with E-state index in [-0.39, 0.29) is 6.04 Å². The van der Waals surface area contributed by atoms with Crippen LogP contribution in [0.4, 0.5) is 5.69 Å². The van der Waals surface area contributed by atoms with E-state index in [1.807, 2.05) is 17.8 Å². The molecule has 1 rings (SSSR count). The molecule has 2 atom stereocenters. The Labute approximate surface area is 133 Å². The van der Waals surface area contributed by atoms with E-state index in [1.165, 1.54) is 23.4 Å². The third-order valence-electron chi connectivity index (χ3n) is 3.83. The van der Waals surface area contributed by atoms with Crippen LogP contribution in [-0.2, 0) is 6.42 Å². The summed E-state index contributed by atoms with van der Waals surface area (Å²) in [6.45, 7) is 4.40. The van der Waals surface area contributed by atoms with Crippen LogP contribution in [0.3, 0.4) is 0 Å². The van der Waals surface area contributed by atoms with E-state index < -0.39 is 0 Å². The van der Waals surface area contributed by atoms with Crippen LogP contribution in [0.15, 0.2) is 18.2 Å². The second-order valence-electron chi connectivity index (χ2n) is 5.39. The van der Waals surface area contributed by atoms with Crippen LogP contribution in [0.25, 0.3) is 0 Å². The maximum absolute atomic E-state index is 6.15. The van der Waals surface area contributed by atoms with Crippen molar-refractivity contribution < 1.29 is 0 Å². The number of benzene rings is 1. The van der Waals surface area contributed by atoms with Crippen molar-refractivity contribution in [1.82, 2.24) is 0 Å². The van der Waals surface area contributed by atoms with Crippen molar-refractivity contribution in [2.24, 2.45) is 5.73 Å². The molecule has 1 aromatic carbocycles. The van der Waals surface area contributed by atoms with E-state index >= 15 is 0 Å². The van der Waals surface area contributed by atoms with Crippen LogP contribution in [0.5, 0.6) is 0 Å². The average molecular weight is 315 g/mol. The zero-order chi connectivity index (χ0) is 15.1. The summed E-state index contributed by atoms with van der Waals surface area (Å²) in [5, 5.41) is 0.789. The lowest BCUT2D eigenvalue weighted by Crippen LogP contribution is -2.31. The van der Waals surface area contributed by atoms with Gasteiger partial charge in [0.1, 0.15) is 0 Å². The summed E-state index contributed by atoms with van der Waals surface area (Å²) in [7, 11) is 2.16. The van der Waals surface area contributed by atoms with Crippen LogP contribution in [0.2, 0.25) is 5.02 Å². The minimum absolute atomic E-state index is 0.196. The summed E-state index contributed by atoms with van der Waals surface area (Å²) in [6.07, 6.45) is 5.20. The molecule has 0 amide bonds. The third-order valence-corrected chi connectivity index (χ3v) is 4.71. The van der Waals surface area contributed by atoms with Gasteiger partial charge in [-0.05, 0) is 62.0 Å². The first kappa shape index (κ1) is 17.7. The molecule has 0 bridgehead atoms. The molecule has 2 N–H and O–H groups in total. The predicted octanol–water partition coefficient (Wildman–Crippen LogP) is 4.20. The van der Waals surface area contributed by atoms with Gasteiger partial charge in [-0.15, -0.1) is 0 Å². The smallest absolute Gasteiger partial charge is 0.0410 e. The number of anilines is 1. The largest absolute Gasteiger partial charge is 0.372 e. The molecule has 0 spiro atoms. The molecule has 0 fully saturated rings. The van der Waals surface area contributed by atoms with Crippen LogP contribution in [0, 0.1) is 0 Å². The summed E-state index contributed by atoms with van der Waals surface area (Å²) in [5.74, 6) is 1.18. The van der Waals surface area contributed by atoms with Crippen molar-refractivity contribution in [3.8, 4) is 0 Å². The minimum atomic E-state index is 0.196. The fourth-order valence-electron chi connectivity index (χ4n) is 2.21. The number of nitrogens with two attached hydrogens (primary N) is 1. The molecular formula is C16H27ClN2S. The van der Waals surface area contributed by atoms with Gasteiger partial charge < -0.3 is 10.6 Å². The molecule has 0 heterocycles. The van der Waals surface area contributed by atoms with Gasteiger partial charge >= 0.3 is 0 Å². The van der Waals surface area contributed by atoms with Crippen LogP contribution < -0.4 is 10.6 Å². The van der Waals surface area contributed by atoms with Crippen molar-refractivity contribution in [3.63, 3.8) is 0 Å². The maximum atomic E-state index is 6.15. The van der Waals surface area contributed by atoms with Crippen LogP contribution in [-0.4, -0.2) is 31.1 Å². The van der Waals surface area contributed by atoms with Crippen molar-refractivity contribution in [2.75, 3.05) is 24.0 Å². The van der Waals surface area contributed by atoms with Gasteiger partial charge in [-0.1, -0.05) is 18.5 Å². The Morgan fingerprint density at radius 3 is 2.70 bits per heavy atom. The van der Waals surface area contributed by atoms with Crippen LogP contribution in [0.1, 0.15) is 32.3 Å². The molecule has 0 aromatic heterocycles. The standard InChI is InChI=1S/C16H27ClN2S/c1-5-15(18)11-13-10-14(17)6-7-16(13)19(3)12(2)8-9-20-4/h6-7,10,12,15H,5,8-9,11,18H2,1-4H3. The van der Waals surface area contributed by atoms with Gasteiger partial charge in [-0.3, -0.25) is 0 Å². The van der Waals surface area contributed by atoms with Crippen molar-refractivity contribution >= 4 is 29.1 Å². The first-order valence-corrected chi connectivity index (χ1v) is 9.02. The molecule has 0 saturated carbocycles. The van der Waals surface area contributed by atoms with Gasteiger partial charge in [0, 0.05) is 29.8 Å². The van der Waals surface area contributed by atoms with E-state index in [0.717, 1.165) is 17.9 Å². The zero-order valence-electron chi connectivity index (χ0n) is 13.0. The average Bonchev–Trinajstić information content (AvgIpc) is 2.44.